The third-order valence-electron chi connectivity index (χ3n) is 3.44. The summed E-state index contributed by atoms with van der Waals surface area (Å²) >= 11 is 0. The van der Waals surface area contributed by atoms with Gasteiger partial charge in [-0.05, 0) is 30.9 Å². The number of nitrogens with two attached hydrogens (primary N) is 1. The normalized spacial score (nSPS) is 15.4. The molecule has 0 amide bonds. The smallest absolute Gasteiger partial charge is 0.337 e. The number of nitrogen functional groups attached to an aromatic ring is 1. The van der Waals surface area contributed by atoms with Gasteiger partial charge in [0.1, 0.15) is 0 Å². The van der Waals surface area contributed by atoms with E-state index >= 15 is 0 Å². The third-order valence-corrected chi connectivity index (χ3v) is 3.44. The molecular weight excluding hydrogens is 216 g/mol. The first-order valence-corrected chi connectivity index (χ1v) is 5.92. The summed E-state index contributed by atoms with van der Waals surface area (Å²) in [5.41, 5.74) is 7.35. The molecule has 0 aliphatic heterocycles. The first-order chi connectivity index (χ1) is 8.09. The Morgan fingerprint density at radius 1 is 1.53 bits per heavy atom. The maximum Gasteiger partial charge on any atom is 0.337 e. The predicted molar refractivity (Wildman–Crippen MR) is 68.4 cm³/mol. The molecule has 0 bridgehead atoms. The molecular formula is C13H18N2O2. The van der Waals surface area contributed by atoms with Gasteiger partial charge in [0, 0.05) is 13.6 Å². The van der Waals surface area contributed by atoms with Gasteiger partial charge in [-0.2, -0.15) is 0 Å². The van der Waals surface area contributed by atoms with E-state index in [9.17, 15) is 4.79 Å². The molecule has 0 unspecified atom stereocenters. The Bertz CT molecular complexity index is 427. The van der Waals surface area contributed by atoms with Crippen LogP contribution in [0.15, 0.2) is 18.2 Å². The van der Waals surface area contributed by atoms with E-state index in [0.29, 0.717) is 17.3 Å². The van der Waals surface area contributed by atoms with Gasteiger partial charge < -0.3 is 15.7 Å². The minimum Gasteiger partial charge on any atom is -0.478 e. The number of benzene rings is 1. The number of anilines is 2. The van der Waals surface area contributed by atoms with Crippen LogP contribution in [0.5, 0.6) is 0 Å². The van der Waals surface area contributed by atoms with E-state index in [1.165, 1.54) is 19.3 Å². The summed E-state index contributed by atoms with van der Waals surface area (Å²) in [7, 11) is 1.91. The third kappa shape index (κ3) is 2.35. The van der Waals surface area contributed by atoms with Crippen molar-refractivity contribution in [3.63, 3.8) is 0 Å². The lowest BCUT2D eigenvalue weighted by Crippen LogP contribution is -2.30. The Morgan fingerprint density at radius 2 is 2.24 bits per heavy atom. The van der Waals surface area contributed by atoms with Crippen LogP contribution in [-0.4, -0.2) is 24.7 Å². The molecule has 4 nitrogen and oxygen atoms in total. The van der Waals surface area contributed by atoms with E-state index in [2.05, 4.69) is 0 Å². The van der Waals surface area contributed by atoms with Gasteiger partial charge in [0.25, 0.3) is 0 Å². The van der Waals surface area contributed by atoms with E-state index < -0.39 is 5.97 Å². The van der Waals surface area contributed by atoms with Crippen LogP contribution in [-0.2, 0) is 0 Å². The number of hydrogen-bond acceptors (Lipinski definition) is 3. The zero-order valence-corrected chi connectivity index (χ0v) is 10.0. The summed E-state index contributed by atoms with van der Waals surface area (Å²) in [6, 6.07) is 5.03. The molecule has 0 aromatic heterocycles. The molecule has 3 N–H and O–H groups in total. The second-order valence-electron chi connectivity index (χ2n) is 4.73. The Balaban J connectivity index is 2.25. The highest BCUT2D eigenvalue weighted by Gasteiger charge is 2.22. The van der Waals surface area contributed by atoms with Gasteiger partial charge in [0.05, 0.1) is 16.9 Å². The molecule has 92 valence electrons. The topological polar surface area (TPSA) is 66.6 Å². The first-order valence-electron chi connectivity index (χ1n) is 5.92. The number of carbonyl (C=O) groups is 1. The molecule has 1 aliphatic rings. The summed E-state index contributed by atoms with van der Waals surface area (Å²) in [6.45, 7) is 0.883. The summed E-state index contributed by atoms with van der Waals surface area (Å²) in [5.74, 6) is -0.242. The van der Waals surface area contributed by atoms with Crippen LogP contribution in [0.3, 0.4) is 0 Å². The number of aromatic carboxylic acids is 1. The number of nitrogens with zero attached hydrogens (tertiary/aromatic N) is 1. The predicted octanol–water partition coefficient (Wildman–Crippen LogP) is 2.20. The molecule has 1 aromatic carbocycles. The Kier molecular flexibility index (Phi) is 3.22. The zero-order chi connectivity index (χ0) is 12.4. The highest BCUT2D eigenvalue weighted by molar-refractivity contribution is 5.97. The minimum atomic E-state index is -0.923. The lowest BCUT2D eigenvalue weighted by Gasteiger charge is -2.32. The molecule has 1 aliphatic carbocycles. The molecule has 0 radical (unpaired) electrons. The fourth-order valence-electron chi connectivity index (χ4n) is 2.31. The summed E-state index contributed by atoms with van der Waals surface area (Å²) < 4.78 is 0. The molecule has 2 rings (SSSR count). The molecule has 17 heavy (non-hydrogen) atoms. The van der Waals surface area contributed by atoms with Crippen LogP contribution >= 0.6 is 0 Å². The van der Waals surface area contributed by atoms with Crippen molar-refractivity contribution in [3.05, 3.63) is 23.8 Å². The number of para-hydroxylation sites is 1. The largest absolute Gasteiger partial charge is 0.478 e. The average Bonchev–Trinajstić information content (AvgIpc) is 2.22. The lowest BCUT2D eigenvalue weighted by molar-refractivity contribution is 0.0697. The van der Waals surface area contributed by atoms with Crippen molar-refractivity contribution in [2.45, 2.75) is 19.3 Å². The SMILES string of the molecule is CN(CC1CCC1)c1c(N)cccc1C(=O)O. The van der Waals surface area contributed by atoms with Crippen LogP contribution in [0.1, 0.15) is 29.6 Å². The van der Waals surface area contributed by atoms with Crippen LogP contribution < -0.4 is 10.6 Å². The van der Waals surface area contributed by atoms with Crippen molar-refractivity contribution in [2.75, 3.05) is 24.2 Å². The number of carboxylic acid groups (broad SMARTS) is 1. The van der Waals surface area contributed by atoms with Gasteiger partial charge in [0.15, 0.2) is 0 Å². The minimum absolute atomic E-state index is 0.284. The Labute approximate surface area is 101 Å². The molecule has 4 heteroatoms. The van der Waals surface area contributed by atoms with Gasteiger partial charge in [-0.1, -0.05) is 12.5 Å². The van der Waals surface area contributed by atoms with Crippen LogP contribution in [0.25, 0.3) is 0 Å². The van der Waals surface area contributed by atoms with E-state index in [1.807, 2.05) is 11.9 Å². The van der Waals surface area contributed by atoms with E-state index in [0.717, 1.165) is 6.54 Å². The van der Waals surface area contributed by atoms with E-state index in [4.69, 9.17) is 10.8 Å². The van der Waals surface area contributed by atoms with Crippen molar-refractivity contribution < 1.29 is 9.90 Å². The second kappa shape index (κ2) is 4.65. The van der Waals surface area contributed by atoms with Gasteiger partial charge in [0.2, 0.25) is 0 Å². The molecule has 0 saturated heterocycles. The van der Waals surface area contributed by atoms with Gasteiger partial charge in [-0.3, -0.25) is 0 Å². The highest BCUT2D eigenvalue weighted by atomic mass is 16.4. The van der Waals surface area contributed by atoms with Crippen molar-refractivity contribution >= 4 is 17.3 Å². The highest BCUT2D eigenvalue weighted by Crippen LogP contribution is 2.32. The quantitative estimate of drug-likeness (QED) is 0.784. The fourth-order valence-corrected chi connectivity index (χ4v) is 2.31. The monoisotopic (exact) mass is 234 g/mol. The van der Waals surface area contributed by atoms with E-state index in [1.54, 1.807) is 18.2 Å². The van der Waals surface area contributed by atoms with Crippen molar-refractivity contribution in [1.82, 2.24) is 0 Å². The van der Waals surface area contributed by atoms with Crippen molar-refractivity contribution in [2.24, 2.45) is 5.92 Å². The molecule has 1 fully saturated rings. The van der Waals surface area contributed by atoms with Crippen LogP contribution in [0, 0.1) is 5.92 Å². The van der Waals surface area contributed by atoms with Gasteiger partial charge >= 0.3 is 5.97 Å². The Hall–Kier alpha value is -1.71. The average molecular weight is 234 g/mol. The van der Waals surface area contributed by atoms with Crippen molar-refractivity contribution in [3.8, 4) is 0 Å². The summed E-state index contributed by atoms with van der Waals surface area (Å²) in [4.78, 5) is 13.1. The molecule has 1 aromatic rings. The van der Waals surface area contributed by atoms with Crippen LogP contribution in [0.4, 0.5) is 11.4 Å². The molecule has 0 atom stereocenters. The van der Waals surface area contributed by atoms with E-state index in [-0.39, 0.29) is 5.56 Å². The van der Waals surface area contributed by atoms with Crippen LogP contribution in [0.2, 0.25) is 0 Å². The molecule has 0 heterocycles. The lowest BCUT2D eigenvalue weighted by atomic mass is 9.85. The summed E-state index contributed by atoms with van der Waals surface area (Å²) in [6.07, 6.45) is 3.76. The standard InChI is InChI=1S/C13H18N2O2/c1-15(8-9-4-2-5-9)12-10(13(16)17)6-3-7-11(12)14/h3,6-7,9H,2,4-5,8,14H2,1H3,(H,16,17). The maximum atomic E-state index is 11.2. The van der Waals surface area contributed by atoms with Crippen molar-refractivity contribution in [1.29, 1.82) is 0 Å². The Morgan fingerprint density at radius 3 is 2.76 bits per heavy atom. The fraction of sp³-hybridized carbons (Fsp3) is 0.462. The zero-order valence-electron chi connectivity index (χ0n) is 10.0. The maximum absolute atomic E-state index is 11.2. The number of rotatable bonds is 4. The first kappa shape index (κ1) is 11.8. The van der Waals surface area contributed by atoms with Gasteiger partial charge in [-0.15, -0.1) is 0 Å². The molecule has 0 spiro atoms. The molecule has 1 saturated carbocycles. The second-order valence-corrected chi connectivity index (χ2v) is 4.73. The summed E-state index contributed by atoms with van der Waals surface area (Å²) in [5, 5.41) is 9.16. The number of carboxylic acids is 1. The number of hydrogen-bond donors (Lipinski definition) is 2. The van der Waals surface area contributed by atoms with Gasteiger partial charge in [-0.25, -0.2) is 4.79 Å².